The molecule has 2 atom stereocenters. The first-order chi connectivity index (χ1) is 12.7. The van der Waals surface area contributed by atoms with Gasteiger partial charge in [-0.2, -0.15) is 4.98 Å². The number of halogens is 1. The van der Waals surface area contributed by atoms with Crippen molar-refractivity contribution >= 4 is 5.91 Å². The molecule has 0 spiro atoms. The highest BCUT2D eigenvalue weighted by molar-refractivity contribution is 5.77. The molecule has 3 heterocycles. The van der Waals surface area contributed by atoms with E-state index in [1.807, 2.05) is 0 Å². The summed E-state index contributed by atoms with van der Waals surface area (Å²) in [6, 6.07) is 6.73. The molecule has 2 unspecified atom stereocenters. The van der Waals surface area contributed by atoms with Gasteiger partial charge in [-0.05, 0) is 56.5 Å². The first-order valence-electron chi connectivity index (χ1n) is 9.31. The van der Waals surface area contributed by atoms with Crippen molar-refractivity contribution in [1.29, 1.82) is 0 Å². The van der Waals surface area contributed by atoms with Gasteiger partial charge in [0.2, 0.25) is 17.6 Å². The summed E-state index contributed by atoms with van der Waals surface area (Å²) in [6.45, 7) is 1.91. The van der Waals surface area contributed by atoms with Crippen LogP contribution < -0.4 is 5.32 Å². The van der Waals surface area contributed by atoms with Gasteiger partial charge < -0.3 is 14.7 Å². The maximum Gasteiger partial charge on any atom is 0.226 e. The van der Waals surface area contributed by atoms with Crippen LogP contribution in [0.1, 0.15) is 38.0 Å². The highest BCUT2D eigenvalue weighted by Crippen LogP contribution is 2.29. The molecule has 138 valence electrons. The zero-order valence-corrected chi connectivity index (χ0v) is 14.7. The molecule has 26 heavy (non-hydrogen) atoms. The third-order valence-electron chi connectivity index (χ3n) is 5.29. The van der Waals surface area contributed by atoms with Gasteiger partial charge in [-0.3, -0.25) is 4.79 Å². The molecule has 2 bridgehead atoms. The maximum absolute atomic E-state index is 13.0. The van der Waals surface area contributed by atoms with Crippen LogP contribution in [0.5, 0.6) is 0 Å². The van der Waals surface area contributed by atoms with Crippen molar-refractivity contribution < 1.29 is 13.7 Å². The Balaban J connectivity index is 1.31. The Labute approximate surface area is 151 Å². The number of fused-ring (bicyclic) bond motifs is 2. The van der Waals surface area contributed by atoms with Gasteiger partial charge in [0.1, 0.15) is 5.82 Å². The fourth-order valence-electron chi connectivity index (χ4n) is 3.98. The summed E-state index contributed by atoms with van der Waals surface area (Å²) >= 11 is 0. The minimum atomic E-state index is -0.298. The van der Waals surface area contributed by atoms with Gasteiger partial charge in [-0.25, -0.2) is 4.39 Å². The highest BCUT2D eigenvalue weighted by Gasteiger charge is 2.37. The van der Waals surface area contributed by atoms with Crippen LogP contribution >= 0.6 is 0 Å². The molecule has 2 saturated heterocycles. The lowest BCUT2D eigenvalue weighted by atomic mass is 10.1. The molecule has 1 N–H and O–H groups in total. The summed E-state index contributed by atoms with van der Waals surface area (Å²) in [4.78, 5) is 19.1. The molecule has 2 aromatic rings. The first kappa shape index (κ1) is 17.1. The van der Waals surface area contributed by atoms with Gasteiger partial charge in [-0.15, -0.1) is 0 Å². The van der Waals surface area contributed by atoms with Crippen molar-refractivity contribution in [1.82, 2.24) is 20.4 Å². The standard InChI is InChI=1S/C19H23FN4O2/c20-14-6-4-13(5-7-14)19-22-17(26-23-19)2-1-3-18(25)24-15-8-9-16(24)12-21-11-10-15/h4-7,15-16,21H,1-3,8-12H2. The molecule has 1 amide bonds. The highest BCUT2D eigenvalue weighted by atomic mass is 19.1. The van der Waals surface area contributed by atoms with E-state index in [1.165, 1.54) is 12.1 Å². The van der Waals surface area contributed by atoms with E-state index in [2.05, 4.69) is 20.4 Å². The second-order valence-electron chi connectivity index (χ2n) is 7.05. The van der Waals surface area contributed by atoms with Crippen molar-refractivity contribution in [3.05, 3.63) is 36.0 Å². The van der Waals surface area contributed by atoms with Crippen LogP contribution in [-0.2, 0) is 11.2 Å². The Kier molecular flexibility index (Phi) is 4.97. The van der Waals surface area contributed by atoms with Crippen LogP contribution in [-0.4, -0.2) is 46.1 Å². The third kappa shape index (κ3) is 3.62. The monoisotopic (exact) mass is 358 g/mol. The summed E-state index contributed by atoms with van der Waals surface area (Å²) in [6.07, 6.45) is 5.04. The van der Waals surface area contributed by atoms with E-state index in [1.54, 1.807) is 12.1 Å². The summed E-state index contributed by atoms with van der Waals surface area (Å²) < 4.78 is 18.2. The van der Waals surface area contributed by atoms with Gasteiger partial charge in [-0.1, -0.05) is 5.16 Å². The molecule has 2 fully saturated rings. The van der Waals surface area contributed by atoms with E-state index in [9.17, 15) is 9.18 Å². The SMILES string of the molecule is O=C(CCCc1nc(-c2ccc(F)cc2)no1)N1C2CCNCC1CC2. The normalized spacial score (nSPS) is 22.4. The van der Waals surface area contributed by atoms with E-state index < -0.39 is 0 Å². The van der Waals surface area contributed by atoms with Gasteiger partial charge in [0, 0.05) is 37.0 Å². The fraction of sp³-hybridized carbons (Fsp3) is 0.526. The smallest absolute Gasteiger partial charge is 0.226 e. The molecule has 7 heteroatoms. The Morgan fingerprint density at radius 1 is 1.23 bits per heavy atom. The molecule has 0 aliphatic carbocycles. The number of nitrogens with zero attached hydrogens (tertiary/aromatic N) is 3. The number of carbonyl (C=O) groups is 1. The molecule has 0 saturated carbocycles. The molecule has 2 aliphatic heterocycles. The lowest BCUT2D eigenvalue weighted by Gasteiger charge is -2.27. The first-order valence-corrected chi connectivity index (χ1v) is 9.31. The molecular formula is C19H23FN4O2. The van der Waals surface area contributed by atoms with Crippen LogP contribution in [0.2, 0.25) is 0 Å². The number of aryl methyl sites for hydroxylation is 1. The lowest BCUT2D eigenvalue weighted by molar-refractivity contribution is -0.133. The summed E-state index contributed by atoms with van der Waals surface area (Å²) in [5, 5.41) is 7.35. The number of nitrogens with one attached hydrogen (secondary N) is 1. The van der Waals surface area contributed by atoms with Gasteiger partial charge >= 0.3 is 0 Å². The molecule has 1 aromatic carbocycles. The van der Waals surface area contributed by atoms with Gasteiger partial charge in [0.15, 0.2) is 0 Å². The third-order valence-corrected chi connectivity index (χ3v) is 5.29. The topological polar surface area (TPSA) is 71.3 Å². The second kappa shape index (κ2) is 7.53. The zero-order valence-electron chi connectivity index (χ0n) is 14.7. The number of rotatable bonds is 5. The summed E-state index contributed by atoms with van der Waals surface area (Å²) in [5.41, 5.74) is 0.714. The summed E-state index contributed by atoms with van der Waals surface area (Å²) in [5.74, 6) is 0.897. The fourth-order valence-corrected chi connectivity index (χ4v) is 3.98. The quantitative estimate of drug-likeness (QED) is 0.889. The number of hydrogen-bond donors (Lipinski definition) is 1. The minimum absolute atomic E-state index is 0.236. The van der Waals surface area contributed by atoms with Crippen LogP contribution in [0.15, 0.2) is 28.8 Å². The number of benzene rings is 1. The van der Waals surface area contributed by atoms with Crippen LogP contribution in [0.25, 0.3) is 11.4 Å². The van der Waals surface area contributed by atoms with Crippen molar-refractivity contribution in [2.75, 3.05) is 13.1 Å². The van der Waals surface area contributed by atoms with Crippen LogP contribution in [0.3, 0.4) is 0 Å². The largest absolute Gasteiger partial charge is 0.339 e. The number of amides is 1. The predicted octanol–water partition coefficient (Wildman–Crippen LogP) is 2.55. The van der Waals surface area contributed by atoms with Crippen molar-refractivity contribution in [3.8, 4) is 11.4 Å². The average Bonchev–Trinajstić information content (AvgIpc) is 3.19. The Bertz CT molecular complexity index is 747. The van der Waals surface area contributed by atoms with Gasteiger partial charge in [0.05, 0.1) is 0 Å². The maximum atomic E-state index is 13.0. The van der Waals surface area contributed by atoms with Gasteiger partial charge in [0.25, 0.3) is 0 Å². The van der Waals surface area contributed by atoms with E-state index in [-0.39, 0.29) is 11.7 Å². The minimum Gasteiger partial charge on any atom is -0.339 e. The average molecular weight is 358 g/mol. The van der Waals surface area contributed by atoms with E-state index >= 15 is 0 Å². The van der Waals surface area contributed by atoms with E-state index in [4.69, 9.17) is 4.52 Å². The zero-order chi connectivity index (χ0) is 17.9. The lowest BCUT2D eigenvalue weighted by Crippen LogP contribution is -2.42. The van der Waals surface area contributed by atoms with E-state index in [0.29, 0.717) is 48.6 Å². The van der Waals surface area contributed by atoms with Crippen molar-refractivity contribution in [3.63, 3.8) is 0 Å². The Hall–Kier alpha value is -2.28. The molecule has 4 rings (SSSR count). The number of aromatic nitrogens is 2. The molecule has 1 aromatic heterocycles. The second-order valence-corrected chi connectivity index (χ2v) is 7.05. The number of hydrogen-bond acceptors (Lipinski definition) is 5. The van der Waals surface area contributed by atoms with Crippen LogP contribution in [0, 0.1) is 5.82 Å². The Morgan fingerprint density at radius 2 is 2.04 bits per heavy atom. The molecule has 6 nitrogen and oxygen atoms in total. The van der Waals surface area contributed by atoms with Crippen molar-refractivity contribution in [2.45, 2.75) is 50.6 Å². The molecular weight excluding hydrogens is 335 g/mol. The van der Waals surface area contributed by atoms with E-state index in [0.717, 1.165) is 32.4 Å². The number of carbonyl (C=O) groups excluding carboxylic acids is 1. The molecule has 2 aliphatic rings. The van der Waals surface area contributed by atoms with Crippen molar-refractivity contribution in [2.24, 2.45) is 0 Å². The Morgan fingerprint density at radius 3 is 2.88 bits per heavy atom. The predicted molar refractivity (Wildman–Crippen MR) is 93.8 cm³/mol. The molecule has 0 radical (unpaired) electrons. The summed E-state index contributed by atoms with van der Waals surface area (Å²) in [7, 11) is 0. The van der Waals surface area contributed by atoms with Crippen LogP contribution in [0.4, 0.5) is 4.39 Å².